The summed E-state index contributed by atoms with van der Waals surface area (Å²) in [6.45, 7) is 3.40. The fourth-order valence-electron chi connectivity index (χ4n) is 3.51. The van der Waals surface area contributed by atoms with Crippen molar-refractivity contribution in [3.05, 3.63) is 57.4 Å². The second-order valence-electron chi connectivity index (χ2n) is 7.16. The number of allylic oxidation sites excluding steroid dienone is 1. The number of halogens is 1. The predicted molar refractivity (Wildman–Crippen MR) is 123 cm³/mol. The second kappa shape index (κ2) is 12.9. The number of benzene rings is 1. The van der Waals surface area contributed by atoms with E-state index in [0.717, 1.165) is 12.2 Å². The van der Waals surface area contributed by atoms with Crippen molar-refractivity contribution in [3.8, 4) is 0 Å². The molecule has 0 aromatic heterocycles. The van der Waals surface area contributed by atoms with E-state index in [-0.39, 0.29) is 47.4 Å². The van der Waals surface area contributed by atoms with E-state index in [2.05, 4.69) is 5.32 Å². The van der Waals surface area contributed by atoms with E-state index < -0.39 is 29.8 Å². The number of likely N-dealkylation sites (N-methyl/N-ethyl adjacent to an activating group) is 1. The van der Waals surface area contributed by atoms with Crippen LogP contribution in [0.3, 0.4) is 0 Å². The molecule has 35 heavy (non-hydrogen) atoms. The van der Waals surface area contributed by atoms with Gasteiger partial charge in [-0.2, -0.15) is 5.06 Å². The first-order chi connectivity index (χ1) is 16.7. The third kappa shape index (κ3) is 6.38. The third-order valence-corrected chi connectivity index (χ3v) is 5.37. The summed E-state index contributed by atoms with van der Waals surface area (Å²) in [5.74, 6) is -6.28. The average molecular weight is 511 g/mol. The average Bonchev–Trinajstić information content (AvgIpc) is 2.83. The maximum absolute atomic E-state index is 13.3. The second-order valence-corrected chi connectivity index (χ2v) is 7.57. The van der Waals surface area contributed by atoms with Gasteiger partial charge in [0.05, 0.1) is 55.4 Å². The number of carbonyl (C=O) groups is 4. The van der Waals surface area contributed by atoms with E-state index >= 15 is 0 Å². The highest BCUT2D eigenvalue weighted by atomic mass is 35.5. The molecular formula is C23H27ClN2O9. The van der Waals surface area contributed by atoms with Crippen LogP contribution in [0.5, 0.6) is 0 Å². The molecule has 0 saturated carbocycles. The number of hydroxylamine groups is 2. The summed E-state index contributed by atoms with van der Waals surface area (Å²) in [7, 11) is 2.86. The van der Waals surface area contributed by atoms with E-state index in [0.29, 0.717) is 12.1 Å². The Bertz CT molecular complexity index is 1050. The predicted octanol–water partition coefficient (Wildman–Crippen LogP) is 1.78. The molecular weight excluding hydrogens is 484 g/mol. The Morgan fingerprint density at radius 2 is 1.83 bits per heavy atom. The number of nitrogens with one attached hydrogen (secondary N) is 1. The van der Waals surface area contributed by atoms with Gasteiger partial charge in [-0.1, -0.05) is 29.8 Å². The summed E-state index contributed by atoms with van der Waals surface area (Å²) in [6.07, 6.45) is 0. The van der Waals surface area contributed by atoms with Crippen LogP contribution < -0.4 is 5.32 Å². The first-order valence-corrected chi connectivity index (χ1v) is 11.0. The Balaban J connectivity index is 2.86. The number of hydrogen-bond donors (Lipinski definition) is 2. The number of methoxy groups -OCH3 is 1. The van der Waals surface area contributed by atoms with E-state index in [9.17, 15) is 19.2 Å². The van der Waals surface area contributed by atoms with Crippen LogP contribution in [0.15, 0.2) is 46.8 Å². The van der Waals surface area contributed by atoms with Crippen molar-refractivity contribution in [2.24, 2.45) is 0 Å². The highest BCUT2D eigenvalue weighted by Crippen LogP contribution is 2.45. The van der Waals surface area contributed by atoms with Crippen molar-refractivity contribution in [2.45, 2.75) is 19.8 Å². The molecule has 2 N–H and O–H groups in total. The minimum atomic E-state index is -1.88. The van der Waals surface area contributed by atoms with Crippen molar-refractivity contribution < 1.29 is 43.3 Å². The summed E-state index contributed by atoms with van der Waals surface area (Å²) in [6, 6.07) is 6.57. The van der Waals surface area contributed by atoms with Gasteiger partial charge in [0.25, 0.3) is 0 Å². The minimum absolute atomic E-state index is 0.00334. The molecule has 1 aliphatic heterocycles. The topological polar surface area (TPSA) is 141 Å². The summed E-state index contributed by atoms with van der Waals surface area (Å²) >= 11 is 6.46. The number of carboxylic acids is 1. The molecule has 1 aromatic carbocycles. The Labute approximate surface area is 207 Å². The molecule has 0 spiro atoms. The fraction of sp³-hybridized carbons (Fsp3) is 0.391. The molecule has 1 aromatic rings. The van der Waals surface area contributed by atoms with Crippen LogP contribution in [0.25, 0.3) is 0 Å². The maximum atomic E-state index is 13.3. The van der Waals surface area contributed by atoms with Crippen LogP contribution in [0.1, 0.15) is 25.3 Å². The lowest BCUT2D eigenvalue weighted by Gasteiger charge is -2.37. The van der Waals surface area contributed by atoms with Crippen molar-refractivity contribution in [2.75, 3.05) is 40.5 Å². The normalized spacial score (nSPS) is 15.7. The van der Waals surface area contributed by atoms with Crippen molar-refractivity contribution in [3.63, 3.8) is 0 Å². The van der Waals surface area contributed by atoms with Crippen molar-refractivity contribution in [1.82, 2.24) is 10.4 Å². The van der Waals surface area contributed by atoms with Gasteiger partial charge in [-0.25, -0.2) is 19.2 Å². The van der Waals surface area contributed by atoms with Crippen LogP contribution in [0.2, 0.25) is 5.02 Å². The zero-order valence-corrected chi connectivity index (χ0v) is 20.5. The standard InChI is InChI=1S/C23H27ClN2O9/c1-5-34-22(30)19-16(12-33-11-10-25-3)26(35-23(31)20(27)28)13(2)17(21(29)32-4)18(19)14-8-6-7-9-15(14)24/h6-9,18,25H,5,10-12H2,1-4H3,(H,27,28). The van der Waals surface area contributed by atoms with Gasteiger partial charge in [0.1, 0.15) is 0 Å². The summed E-state index contributed by atoms with van der Waals surface area (Å²) in [5, 5.41) is 13.0. The molecule has 1 unspecified atom stereocenters. The summed E-state index contributed by atoms with van der Waals surface area (Å²) < 4.78 is 15.9. The van der Waals surface area contributed by atoms with E-state index in [1.807, 2.05) is 0 Å². The number of rotatable bonds is 10. The molecule has 0 radical (unpaired) electrons. The van der Waals surface area contributed by atoms with Crippen LogP contribution in [-0.2, 0) is 38.2 Å². The molecule has 0 aliphatic carbocycles. The van der Waals surface area contributed by atoms with Gasteiger partial charge < -0.3 is 29.5 Å². The molecule has 0 bridgehead atoms. The minimum Gasteiger partial charge on any atom is -0.473 e. The monoisotopic (exact) mass is 510 g/mol. The molecule has 1 atom stereocenters. The van der Waals surface area contributed by atoms with E-state index in [4.69, 9.17) is 35.8 Å². The molecule has 11 nitrogen and oxygen atoms in total. The van der Waals surface area contributed by atoms with Crippen LogP contribution >= 0.6 is 11.6 Å². The Morgan fingerprint density at radius 3 is 2.40 bits per heavy atom. The van der Waals surface area contributed by atoms with E-state index in [1.54, 1.807) is 38.2 Å². The molecule has 1 heterocycles. The van der Waals surface area contributed by atoms with Crippen LogP contribution in [0.4, 0.5) is 0 Å². The number of hydrogen-bond acceptors (Lipinski definition) is 10. The van der Waals surface area contributed by atoms with Gasteiger partial charge in [0.15, 0.2) is 0 Å². The molecule has 0 fully saturated rings. The van der Waals surface area contributed by atoms with Gasteiger partial charge in [0.2, 0.25) is 0 Å². The van der Waals surface area contributed by atoms with Gasteiger partial charge in [0, 0.05) is 11.6 Å². The Kier molecular flexibility index (Phi) is 10.2. The smallest absolute Gasteiger partial charge is 0.441 e. The molecule has 0 amide bonds. The van der Waals surface area contributed by atoms with Crippen molar-refractivity contribution >= 4 is 35.5 Å². The maximum Gasteiger partial charge on any atom is 0.441 e. The zero-order valence-electron chi connectivity index (χ0n) is 19.8. The van der Waals surface area contributed by atoms with Gasteiger partial charge in [-0.15, -0.1) is 0 Å². The third-order valence-electron chi connectivity index (χ3n) is 5.03. The SMILES string of the molecule is CCOC(=O)C1=C(COCCNC)N(OC(=O)C(=O)O)C(C)=C(C(=O)OC)C1c1ccccc1Cl. The fourth-order valence-corrected chi connectivity index (χ4v) is 3.75. The number of aliphatic carboxylic acids is 1. The number of esters is 2. The molecule has 0 saturated heterocycles. The first kappa shape index (κ1) is 27.8. The molecule has 190 valence electrons. The highest BCUT2D eigenvalue weighted by molar-refractivity contribution is 6.31. The first-order valence-electron chi connectivity index (χ1n) is 10.6. The van der Waals surface area contributed by atoms with Crippen LogP contribution in [-0.4, -0.2) is 74.6 Å². The van der Waals surface area contributed by atoms with Gasteiger partial charge in [-0.05, 0) is 32.5 Å². The number of carboxylic acid groups (broad SMARTS) is 1. The molecule has 12 heteroatoms. The van der Waals surface area contributed by atoms with Crippen LogP contribution in [0, 0.1) is 0 Å². The summed E-state index contributed by atoms with van der Waals surface area (Å²) in [5.41, 5.74) is 0.157. The summed E-state index contributed by atoms with van der Waals surface area (Å²) in [4.78, 5) is 54.5. The quantitative estimate of drug-likeness (QED) is 0.270. The number of carbonyl (C=O) groups excluding carboxylic acids is 3. The van der Waals surface area contributed by atoms with Crippen molar-refractivity contribution in [1.29, 1.82) is 0 Å². The van der Waals surface area contributed by atoms with Gasteiger partial charge in [-0.3, -0.25) is 0 Å². The largest absolute Gasteiger partial charge is 0.473 e. The Hall–Kier alpha value is -3.41. The van der Waals surface area contributed by atoms with Gasteiger partial charge >= 0.3 is 23.9 Å². The number of ether oxygens (including phenoxy) is 3. The lowest BCUT2D eigenvalue weighted by Crippen LogP contribution is -2.40. The Morgan fingerprint density at radius 1 is 1.14 bits per heavy atom. The zero-order chi connectivity index (χ0) is 26.1. The highest BCUT2D eigenvalue weighted by Gasteiger charge is 2.44. The van der Waals surface area contributed by atoms with E-state index in [1.165, 1.54) is 6.92 Å². The molecule has 2 rings (SSSR count). The lowest BCUT2D eigenvalue weighted by molar-refractivity contribution is -0.187. The molecule has 1 aliphatic rings. The lowest BCUT2D eigenvalue weighted by atomic mass is 9.80. The number of nitrogens with zero attached hydrogens (tertiary/aromatic N) is 1.